The fraction of sp³-hybridized carbons (Fsp3) is 0.100. The van der Waals surface area contributed by atoms with E-state index in [4.69, 9.17) is 0 Å². The van der Waals surface area contributed by atoms with Crippen LogP contribution in [0.5, 0.6) is 0 Å². The van der Waals surface area contributed by atoms with Gasteiger partial charge in [0, 0.05) is 0 Å². The number of nitrogens with zero attached hydrogens (tertiary/aromatic N) is 4. The van der Waals surface area contributed by atoms with Crippen molar-refractivity contribution in [1.29, 1.82) is 10.5 Å². The van der Waals surface area contributed by atoms with E-state index < -0.39 is 5.41 Å². The molecule has 0 atom stereocenters. The fourth-order valence-electron chi connectivity index (χ4n) is 1.90. The number of allylic oxidation sites excluding steroid dienone is 1. The topological polar surface area (TPSA) is 72.3 Å². The van der Waals surface area contributed by atoms with E-state index in [2.05, 4.69) is 10.2 Å². The average Bonchev–Trinajstić information content (AvgIpc) is 2.65. The maximum absolute atomic E-state index is 9.34. The summed E-state index contributed by atoms with van der Waals surface area (Å²) in [7, 11) is 0. The van der Waals surface area contributed by atoms with Crippen LogP contribution in [0.15, 0.2) is 82.8 Å². The molecule has 4 nitrogen and oxygen atoms in total. The van der Waals surface area contributed by atoms with Gasteiger partial charge in [-0.1, -0.05) is 60.7 Å². The molecule has 4 heteroatoms. The largest absolute Gasteiger partial charge is 0.196 e. The number of hydrogen-bond donors (Lipinski definition) is 0. The van der Waals surface area contributed by atoms with Crippen molar-refractivity contribution in [1.82, 2.24) is 0 Å². The highest BCUT2D eigenvalue weighted by atomic mass is 15.1. The molecule has 0 amide bonds. The second-order valence-electron chi connectivity index (χ2n) is 5.23. The Hall–Kier alpha value is -3.50. The summed E-state index contributed by atoms with van der Waals surface area (Å²) < 4.78 is 0. The zero-order chi connectivity index (χ0) is 17.3. The zero-order valence-corrected chi connectivity index (χ0v) is 13.3. The van der Waals surface area contributed by atoms with E-state index >= 15 is 0 Å². The molecule has 0 radical (unpaired) electrons. The van der Waals surface area contributed by atoms with Gasteiger partial charge in [-0.05, 0) is 30.2 Å². The minimum atomic E-state index is -1.36. The third-order valence-corrected chi connectivity index (χ3v) is 3.36. The van der Waals surface area contributed by atoms with E-state index in [1.54, 1.807) is 18.4 Å². The van der Waals surface area contributed by atoms with E-state index in [0.717, 1.165) is 11.1 Å². The number of rotatable bonds is 5. The van der Waals surface area contributed by atoms with Crippen molar-refractivity contribution in [3.05, 3.63) is 83.7 Å². The molecule has 0 aromatic heterocycles. The molecule has 0 aliphatic rings. The van der Waals surface area contributed by atoms with Gasteiger partial charge in [0.05, 0.1) is 24.0 Å². The smallest absolute Gasteiger partial charge is 0.184 e. The van der Waals surface area contributed by atoms with Crippen molar-refractivity contribution in [2.45, 2.75) is 6.92 Å². The lowest BCUT2D eigenvalue weighted by Gasteiger charge is -2.11. The molecule has 0 bridgehead atoms. The molecule has 0 saturated carbocycles. The molecular weight excluding hydrogens is 296 g/mol. The molecule has 0 unspecified atom stereocenters. The number of hydrogen-bond acceptors (Lipinski definition) is 4. The molecule has 0 saturated heterocycles. The maximum atomic E-state index is 9.34. The van der Waals surface area contributed by atoms with E-state index in [0.29, 0.717) is 5.70 Å². The third kappa shape index (κ3) is 4.50. The Morgan fingerprint density at radius 1 is 0.917 bits per heavy atom. The van der Waals surface area contributed by atoms with Crippen LogP contribution < -0.4 is 0 Å². The normalized spacial score (nSPS) is 12.2. The second kappa shape index (κ2) is 8.22. The van der Waals surface area contributed by atoms with Crippen molar-refractivity contribution in [2.24, 2.45) is 15.6 Å². The highest BCUT2D eigenvalue weighted by molar-refractivity contribution is 5.56. The average molecular weight is 312 g/mol. The van der Waals surface area contributed by atoms with E-state index in [-0.39, 0.29) is 0 Å². The van der Waals surface area contributed by atoms with Crippen molar-refractivity contribution in [3.63, 3.8) is 0 Å². The van der Waals surface area contributed by atoms with Crippen LogP contribution in [0.25, 0.3) is 12.2 Å². The van der Waals surface area contributed by atoms with Gasteiger partial charge < -0.3 is 0 Å². The van der Waals surface area contributed by atoms with Crippen LogP contribution in [0.1, 0.15) is 18.1 Å². The SMILES string of the molecule is CC(C#N)(C#N)C(=Cc1ccccc1)N=NC=Cc1ccccc1. The summed E-state index contributed by atoms with van der Waals surface area (Å²) in [6.45, 7) is 1.53. The molecule has 24 heavy (non-hydrogen) atoms. The molecule has 0 spiro atoms. The third-order valence-electron chi connectivity index (χ3n) is 3.36. The van der Waals surface area contributed by atoms with Gasteiger partial charge in [0.25, 0.3) is 0 Å². The molecule has 0 aliphatic carbocycles. The summed E-state index contributed by atoms with van der Waals surface area (Å²) in [5.41, 5.74) is 0.792. The first-order valence-electron chi connectivity index (χ1n) is 7.40. The van der Waals surface area contributed by atoms with Gasteiger partial charge in [0.1, 0.15) is 0 Å². The van der Waals surface area contributed by atoms with Crippen molar-refractivity contribution >= 4 is 12.2 Å². The predicted octanol–water partition coefficient (Wildman–Crippen LogP) is 5.20. The van der Waals surface area contributed by atoms with Crippen molar-refractivity contribution in [3.8, 4) is 12.1 Å². The Kier molecular flexibility index (Phi) is 5.77. The first-order chi connectivity index (χ1) is 11.7. The van der Waals surface area contributed by atoms with Crippen molar-refractivity contribution < 1.29 is 0 Å². The predicted molar refractivity (Wildman–Crippen MR) is 94.1 cm³/mol. The summed E-state index contributed by atoms with van der Waals surface area (Å²) in [6, 6.07) is 23.1. The van der Waals surface area contributed by atoms with Crippen LogP contribution >= 0.6 is 0 Å². The molecule has 2 aromatic rings. The Bertz CT molecular complexity index is 821. The Balaban J connectivity index is 2.29. The lowest BCUT2D eigenvalue weighted by atomic mass is 9.89. The molecule has 0 aliphatic heterocycles. The van der Waals surface area contributed by atoms with Crippen LogP contribution in [0.3, 0.4) is 0 Å². The molecule has 0 heterocycles. The number of azo groups is 1. The molecule has 116 valence electrons. The highest BCUT2D eigenvalue weighted by Crippen LogP contribution is 2.28. The van der Waals surface area contributed by atoms with E-state index in [1.807, 2.05) is 72.8 Å². The fourth-order valence-corrected chi connectivity index (χ4v) is 1.90. The summed E-state index contributed by atoms with van der Waals surface area (Å²) in [6.07, 6.45) is 5.05. The van der Waals surface area contributed by atoms with Crippen LogP contribution in [0, 0.1) is 28.1 Å². The Morgan fingerprint density at radius 3 is 2.00 bits per heavy atom. The minimum Gasteiger partial charge on any atom is -0.196 e. The first-order valence-corrected chi connectivity index (χ1v) is 7.40. The second-order valence-corrected chi connectivity index (χ2v) is 5.23. The zero-order valence-electron chi connectivity index (χ0n) is 13.3. The highest BCUT2D eigenvalue weighted by Gasteiger charge is 2.29. The molecule has 2 rings (SSSR count). The number of nitriles is 2. The summed E-state index contributed by atoms with van der Waals surface area (Å²) in [5, 5.41) is 26.8. The first kappa shape index (κ1) is 16.9. The van der Waals surface area contributed by atoms with Crippen LogP contribution in [0.4, 0.5) is 0 Å². The monoisotopic (exact) mass is 312 g/mol. The van der Waals surface area contributed by atoms with Crippen molar-refractivity contribution in [2.75, 3.05) is 0 Å². The van der Waals surface area contributed by atoms with E-state index in [1.165, 1.54) is 6.92 Å². The standard InChI is InChI=1S/C20H16N4/c1-20(15-21,16-22)19(14-18-10-6-3-7-11-18)24-23-13-12-17-8-4-2-5-9-17/h2-14H,1H3. The van der Waals surface area contributed by atoms with Gasteiger partial charge in [-0.3, -0.25) is 0 Å². The minimum absolute atomic E-state index is 0.302. The van der Waals surface area contributed by atoms with Gasteiger partial charge in [-0.15, -0.1) is 0 Å². The van der Waals surface area contributed by atoms with Gasteiger partial charge >= 0.3 is 0 Å². The van der Waals surface area contributed by atoms with Gasteiger partial charge in [-0.2, -0.15) is 20.8 Å². The molecular formula is C20H16N4. The Labute approximate surface area is 141 Å². The Morgan fingerprint density at radius 2 is 1.46 bits per heavy atom. The number of benzene rings is 2. The van der Waals surface area contributed by atoms with Crippen LogP contribution in [0.2, 0.25) is 0 Å². The summed E-state index contributed by atoms with van der Waals surface area (Å²) >= 11 is 0. The summed E-state index contributed by atoms with van der Waals surface area (Å²) in [4.78, 5) is 0. The summed E-state index contributed by atoms with van der Waals surface area (Å²) in [5.74, 6) is 0. The maximum Gasteiger partial charge on any atom is 0.184 e. The van der Waals surface area contributed by atoms with Gasteiger partial charge in [0.15, 0.2) is 5.41 Å². The van der Waals surface area contributed by atoms with Gasteiger partial charge in [0.2, 0.25) is 0 Å². The molecule has 0 N–H and O–H groups in total. The molecule has 2 aromatic carbocycles. The quantitative estimate of drug-likeness (QED) is 0.711. The molecule has 0 fully saturated rings. The van der Waals surface area contributed by atoms with Gasteiger partial charge in [-0.25, -0.2) is 0 Å². The lowest BCUT2D eigenvalue weighted by molar-refractivity contribution is 0.681. The van der Waals surface area contributed by atoms with Crippen LogP contribution in [-0.4, -0.2) is 0 Å². The van der Waals surface area contributed by atoms with Crippen LogP contribution in [-0.2, 0) is 0 Å². The lowest BCUT2D eigenvalue weighted by Crippen LogP contribution is -2.12. The van der Waals surface area contributed by atoms with E-state index in [9.17, 15) is 10.5 Å².